The van der Waals surface area contributed by atoms with E-state index in [0.717, 1.165) is 35.6 Å². The van der Waals surface area contributed by atoms with E-state index >= 15 is 0 Å². The number of halogens is 2. The van der Waals surface area contributed by atoms with Crippen molar-refractivity contribution in [2.75, 3.05) is 6.54 Å². The van der Waals surface area contributed by atoms with Crippen LogP contribution in [0.1, 0.15) is 18.4 Å². The van der Waals surface area contributed by atoms with E-state index in [1.807, 2.05) is 17.0 Å². The third-order valence-corrected chi connectivity index (χ3v) is 3.79. The van der Waals surface area contributed by atoms with Gasteiger partial charge in [-0.2, -0.15) is 0 Å². The fourth-order valence-corrected chi connectivity index (χ4v) is 2.80. The molecule has 0 spiro atoms. The molecule has 1 aromatic rings. The van der Waals surface area contributed by atoms with Gasteiger partial charge in [-0.05, 0) is 31.1 Å². The number of para-hydroxylation sites is 1. The van der Waals surface area contributed by atoms with Crippen molar-refractivity contribution in [2.24, 2.45) is 0 Å². The molecule has 0 aromatic heterocycles. The Kier molecular flexibility index (Phi) is 3.22. The van der Waals surface area contributed by atoms with Crippen molar-refractivity contribution in [1.82, 2.24) is 4.90 Å². The van der Waals surface area contributed by atoms with Gasteiger partial charge in [0.05, 0.1) is 10.7 Å². The lowest BCUT2D eigenvalue weighted by Gasteiger charge is -2.30. The maximum absolute atomic E-state index is 13.0. The lowest BCUT2D eigenvalue weighted by molar-refractivity contribution is 0.0367. The van der Waals surface area contributed by atoms with Crippen LogP contribution in [0.15, 0.2) is 30.3 Å². The van der Waals surface area contributed by atoms with Gasteiger partial charge in [-0.15, -0.1) is 0 Å². The highest BCUT2D eigenvalue weighted by Crippen LogP contribution is 2.37. The number of hydrogen-bond donors (Lipinski definition) is 0. The predicted octanol–water partition coefficient (Wildman–Crippen LogP) is 3.48. The second-order valence-electron chi connectivity index (χ2n) is 4.61. The first-order chi connectivity index (χ1) is 9.16. The van der Waals surface area contributed by atoms with Crippen LogP contribution in [0, 0.1) is 0 Å². The lowest BCUT2D eigenvalue weighted by Crippen LogP contribution is -2.31. The Morgan fingerprint density at radius 2 is 2.11 bits per heavy atom. The molecular formula is C14H13F2NOS. The Morgan fingerprint density at radius 3 is 2.79 bits per heavy atom. The van der Waals surface area contributed by atoms with Crippen LogP contribution in [-0.4, -0.2) is 29.0 Å². The number of fused-ring (bicyclic) bond motifs is 1. The highest BCUT2D eigenvalue weighted by atomic mass is 32.1. The van der Waals surface area contributed by atoms with Gasteiger partial charge >= 0.3 is 0 Å². The van der Waals surface area contributed by atoms with Crippen LogP contribution in [0.2, 0.25) is 0 Å². The maximum Gasteiger partial charge on any atom is 0.278 e. The zero-order valence-electron chi connectivity index (χ0n) is 10.2. The number of ether oxygens (including phenoxy) is 1. The van der Waals surface area contributed by atoms with Crippen molar-refractivity contribution in [3.8, 4) is 5.75 Å². The second kappa shape index (κ2) is 4.89. The largest absolute Gasteiger partial charge is 0.480 e. The van der Waals surface area contributed by atoms with Gasteiger partial charge in [0.1, 0.15) is 5.75 Å². The molecule has 0 aliphatic carbocycles. The van der Waals surface area contributed by atoms with Crippen LogP contribution >= 0.6 is 12.2 Å². The molecule has 1 aromatic carbocycles. The van der Waals surface area contributed by atoms with Crippen LogP contribution < -0.4 is 4.74 Å². The summed E-state index contributed by atoms with van der Waals surface area (Å²) in [6.45, 7) is 0.787. The topological polar surface area (TPSA) is 12.5 Å². The Morgan fingerprint density at radius 1 is 1.32 bits per heavy atom. The summed E-state index contributed by atoms with van der Waals surface area (Å²) in [7, 11) is 0. The van der Waals surface area contributed by atoms with Crippen LogP contribution in [0.5, 0.6) is 5.75 Å². The summed E-state index contributed by atoms with van der Waals surface area (Å²) in [4.78, 5) is 2.77. The van der Waals surface area contributed by atoms with E-state index in [-0.39, 0.29) is 0 Å². The summed E-state index contributed by atoms with van der Waals surface area (Å²) in [5.74, 6) is 0.500. The summed E-state index contributed by atoms with van der Waals surface area (Å²) < 4.78 is 31.2. The van der Waals surface area contributed by atoms with Gasteiger partial charge in [0, 0.05) is 12.1 Å². The molecule has 3 rings (SSSR count). The minimum Gasteiger partial charge on any atom is -0.480 e. The van der Waals surface area contributed by atoms with Gasteiger partial charge in [-0.25, -0.2) is 8.78 Å². The van der Waals surface area contributed by atoms with E-state index in [4.69, 9.17) is 17.0 Å². The van der Waals surface area contributed by atoms with Crippen molar-refractivity contribution in [3.05, 3.63) is 35.9 Å². The Labute approximate surface area is 115 Å². The van der Waals surface area contributed by atoms with Crippen molar-refractivity contribution < 1.29 is 13.5 Å². The molecule has 19 heavy (non-hydrogen) atoms. The zero-order valence-corrected chi connectivity index (χ0v) is 11.0. The number of benzene rings is 1. The second-order valence-corrected chi connectivity index (χ2v) is 5.09. The summed E-state index contributed by atoms with van der Waals surface area (Å²) in [5, 5.41) is 0. The average molecular weight is 281 g/mol. The normalized spacial score (nSPS) is 22.3. The fraction of sp³-hybridized carbons (Fsp3) is 0.357. The molecule has 2 heterocycles. The molecule has 0 N–H and O–H groups in total. The van der Waals surface area contributed by atoms with Crippen molar-refractivity contribution >= 4 is 22.9 Å². The maximum atomic E-state index is 13.0. The van der Waals surface area contributed by atoms with Crippen LogP contribution in [-0.2, 0) is 0 Å². The number of nitrogens with zero attached hydrogens (tertiary/aromatic N) is 1. The molecule has 2 aliphatic heterocycles. The molecule has 0 amide bonds. The third kappa shape index (κ3) is 2.23. The SMILES string of the molecule is FC(F)C1C=C(N2CCCC2=S)c2ccccc2O1. The van der Waals surface area contributed by atoms with E-state index in [9.17, 15) is 8.78 Å². The molecule has 1 unspecified atom stereocenters. The zero-order chi connectivity index (χ0) is 13.4. The van der Waals surface area contributed by atoms with Crippen LogP contribution in [0.4, 0.5) is 8.78 Å². The molecular weight excluding hydrogens is 268 g/mol. The number of likely N-dealkylation sites (tertiary alicyclic amines) is 1. The summed E-state index contributed by atoms with van der Waals surface area (Å²) in [6.07, 6.45) is -0.439. The minimum absolute atomic E-state index is 0.500. The molecule has 100 valence electrons. The van der Waals surface area contributed by atoms with Gasteiger partial charge < -0.3 is 9.64 Å². The third-order valence-electron chi connectivity index (χ3n) is 3.36. The van der Waals surface area contributed by atoms with Gasteiger partial charge in [0.15, 0.2) is 6.10 Å². The Bertz CT molecular complexity index is 544. The molecule has 0 bridgehead atoms. The van der Waals surface area contributed by atoms with Gasteiger partial charge in [0.2, 0.25) is 0 Å². The van der Waals surface area contributed by atoms with Gasteiger partial charge in [0.25, 0.3) is 6.43 Å². The number of rotatable bonds is 2. The minimum atomic E-state index is -2.54. The van der Waals surface area contributed by atoms with E-state index in [2.05, 4.69) is 0 Å². The van der Waals surface area contributed by atoms with Gasteiger partial charge in [-0.1, -0.05) is 24.4 Å². The van der Waals surface area contributed by atoms with E-state index in [0.29, 0.717) is 5.75 Å². The monoisotopic (exact) mass is 281 g/mol. The molecule has 2 nitrogen and oxygen atoms in total. The molecule has 1 atom stereocenters. The molecule has 5 heteroatoms. The highest BCUT2D eigenvalue weighted by molar-refractivity contribution is 7.80. The van der Waals surface area contributed by atoms with Crippen molar-refractivity contribution in [3.63, 3.8) is 0 Å². The lowest BCUT2D eigenvalue weighted by atomic mass is 10.0. The van der Waals surface area contributed by atoms with Crippen molar-refractivity contribution in [2.45, 2.75) is 25.4 Å². The highest BCUT2D eigenvalue weighted by Gasteiger charge is 2.31. The first-order valence-electron chi connectivity index (χ1n) is 6.23. The van der Waals surface area contributed by atoms with Crippen molar-refractivity contribution in [1.29, 1.82) is 0 Å². The van der Waals surface area contributed by atoms with E-state index < -0.39 is 12.5 Å². The van der Waals surface area contributed by atoms with Crippen LogP contribution in [0.25, 0.3) is 5.70 Å². The van der Waals surface area contributed by atoms with Crippen LogP contribution in [0.3, 0.4) is 0 Å². The van der Waals surface area contributed by atoms with Gasteiger partial charge in [-0.3, -0.25) is 0 Å². The van der Waals surface area contributed by atoms with E-state index in [1.165, 1.54) is 6.08 Å². The summed E-state index contributed by atoms with van der Waals surface area (Å²) in [6, 6.07) is 7.26. The molecule has 1 fully saturated rings. The molecule has 0 saturated carbocycles. The molecule has 0 radical (unpaired) electrons. The average Bonchev–Trinajstić information content (AvgIpc) is 2.83. The first kappa shape index (κ1) is 12.5. The summed E-state index contributed by atoms with van der Waals surface area (Å²) in [5.41, 5.74) is 1.60. The predicted molar refractivity (Wildman–Crippen MR) is 73.4 cm³/mol. The first-order valence-corrected chi connectivity index (χ1v) is 6.64. The summed E-state index contributed by atoms with van der Waals surface area (Å²) >= 11 is 5.31. The van der Waals surface area contributed by atoms with E-state index in [1.54, 1.807) is 12.1 Å². The fourth-order valence-electron chi connectivity index (χ4n) is 2.47. The molecule has 2 aliphatic rings. The number of thiocarbonyl (C=S) groups is 1. The molecule has 1 saturated heterocycles. The quantitative estimate of drug-likeness (QED) is 0.770. The standard InChI is InChI=1S/C14H13F2NOS/c15-14(16)12-8-10(17-7-3-6-13(17)19)9-4-1-2-5-11(9)18-12/h1-2,4-5,8,12,14H,3,6-7H2. The smallest absolute Gasteiger partial charge is 0.278 e. The Balaban J connectivity index is 2.04. The number of alkyl halides is 2. The Hall–Kier alpha value is -1.49. The number of hydrogen-bond acceptors (Lipinski definition) is 2.